The highest BCUT2D eigenvalue weighted by atomic mass is 16.3. The third kappa shape index (κ3) is 6.36. The molecule has 0 saturated carbocycles. The second-order valence-corrected chi connectivity index (χ2v) is 15.9. The van der Waals surface area contributed by atoms with Crippen molar-refractivity contribution in [1.29, 1.82) is 0 Å². The summed E-state index contributed by atoms with van der Waals surface area (Å²) in [6.07, 6.45) is 0. The van der Waals surface area contributed by atoms with Gasteiger partial charge in [0.2, 0.25) is 0 Å². The Bertz CT molecular complexity index is 3650. The van der Waals surface area contributed by atoms with E-state index in [9.17, 15) is 0 Å². The van der Waals surface area contributed by atoms with Gasteiger partial charge in [-0.05, 0) is 72.6 Å². The molecule has 0 fully saturated rings. The summed E-state index contributed by atoms with van der Waals surface area (Å²) in [7, 11) is 0. The summed E-state index contributed by atoms with van der Waals surface area (Å²) in [4.78, 5) is 15.9. The number of para-hydroxylation sites is 1. The lowest BCUT2D eigenvalue weighted by atomic mass is 9.91. The number of rotatable bonds is 7. The normalized spacial score (nSPS) is 11.5. The zero-order valence-corrected chi connectivity index (χ0v) is 34.1. The van der Waals surface area contributed by atoms with E-state index in [1.54, 1.807) is 0 Å². The van der Waals surface area contributed by atoms with Crippen molar-refractivity contribution >= 4 is 43.5 Å². The average Bonchev–Trinajstić information content (AvgIpc) is 3.76. The van der Waals surface area contributed by atoms with Gasteiger partial charge in [0, 0.05) is 33.0 Å². The van der Waals surface area contributed by atoms with E-state index in [1.807, 2.05) is 18.2 Å². The first-order valence-electron chi connectivity index (χ1n) is 21.3. The van der Waals surface area contributed by atoms with Crippen molar-refractivity contribution in [3.63, 3.8) is 0 Å². The van der Waals surface area contributed by atoms with E-state index in [1.165, 1.54) is 21.9 Å². The smallest absolute Gasteiger partial charge is 0.164 e. The SMILES string of the molecule is c1ccc(-c2ccc(-c3nc(-c4ccc(-c5ccccc5)c5ccccc45)nc(-c4cccc5oc6c(-c7ccc(-c8ccccc8)c8ccccc78)cccc6c45)n3)cc2)cc1. The van der Waals surface area contributed by atoms with Gasteiger partial charge in [0.15, 0.2) is 17.5 Å². The maximum atomic E-state index is 6.89. The molecule has 2 heterocycles. The lowest BCUT2D eigenvalue weighted by Crippen LogP contribution is -2.01. The molecule has 0 bridgehead atoms. The van der Waals surface area contributed by atoms with Crippen LogP contribution in [0.3, 0.4) is 0 Å². The van der Waals surface area contributed by atoms with Crippen molar-refractivity contribution in [3.8, 4) is 78.7 Å². The van der Waals surface area contributed by atoms with Crippen LogP contribution in [-0.4, -0.2) is 15.0 Å². The minimum atomic E-state index is 0.578. The van der Waals surface area contributed by atoms with E-state index in [-0.39, 0.29) is 0 Å². The molecule has 0 saturated heterocycles. The number of hydrogen-bond acceptors (Lipinski definition) is 4. The largest absolute Gasteiger partial charge is 0.455 e. The van der Waals surface area contributed by atoms with Crippen molar-refractivity contribution < 1.29 is 4.42 Å². The van der Waals surface area contributed by atoms with Crippen LogP contribution in [0.1, 0.15) is 0 Å². The third-order valence-corrected chi connectivity index (χ3v) is 12.2. The Labute approximate surface area is 364 Å². The van der Waals surface area contributed by atoms with E-state index < -0.39 is 0 Å². The van der Waals surface area contributed by atoms with E-state index in [0.717, 1.165) is 82.8 Å². The molecule has 0 unspecified atom stereocenters. The first kappa shape index (κ1) is 36.4. The first-order chi connectivity index (χ1) is 31.2. The van der Waals surface area contributed by atoms with Crippen LogP contribution in [-0.2, 0) is 0 Å². The Morgan fingerprint density at radius 1 is 0.238 bits per heavy atom. The summed E-state index contributed by atoms with van der Waals surface area (Å²) in [5.41, 5.74) is 13.5. The van der Waals surface area contributed by atoms with Crippen LogP contribution in [0.2, 0.25) is 0 Å². The molecule has 0 atom stereocenters. The lowest BCUT2D eigenvalue weighted by molar-refractivity contribution is 0.670. The van der Waals surface area contributed by atoms with Crippen molar-refractivity contribution in [1.82, 2.24) is 15.0 Å². The molecule has 0 aliphatic rings. The van der Waals surface area contributed by atoms with Crippen molar-refractivity contribution in [3.05, 3.63) is 224 Å². The van der Waals surface area contributed by atoms with Gasteiger partial charge in [-0.1, -0.05) is 212 Å². The lowest BCUT2D eigenvalue weighted by Gasteiger charge is -2.13. The van der Waals surface area contributed by atoms with Crippen LogP contribution in [0.15, 0.2) is 229 Å². The monoisotopic (exact) mass is 803 g/mol. The molecule has 10 aromatic carbocycles. The molecule has 0 amide bonds. The van der Waals surface area contributed by atoms with Gasteiger partial charge in [0.1, 0.15) is 11.2 Å². The highest BCUT2D eigenvalue weighted by molar-refractivity contribution is 6.17. The Kier molecular flexibility index (Phi) is 8.79. The van der Waals surface area contributed by atoms with Gasteiger partial charge in [0.25, 0.3) is 0 Å². The fourth-order valence-electron chi connectivity index (χ4n) is 9.20. The zero-order valence-electron chi connectivity index (χ0n) is 34.1. The standard InChI is InChI=1S/C59H37N3O/c1-4-16-38(17-5-1)39-30-32-42(33-31-39)57-60-58(51-37-35-44(41-20-8-3-9-21-41)46-23-11-13-25-48(46)51)62-59(61-57)53-28-15-29-54-55(53)52-27-14-26-50(56(52)63-54)49-36-34-43(40-18-6-2-7-19-40)45-22-10-12-24-47(45)49/h1-37H. The fourth-order valence-corrected chi connectivity index (χ4v) is 9.20. The zero-order chi connectivity index (χ0) is 41.7. The second kappa shape index (κ2) is 15.2. The predicted molar refractivity (Wildman–Crippen MR) is 260 cm³/mol. The van der Waals surface area contributed by atoms with Crippen LogP contribution in [0.25, 0.3) is 122 Å². The molecular formula is C59H37N3O. The summed E-state index contributed by atoms with van der Waals surface area (Å²) in [5, 5.41) is 6.54. The summed E-state index contributed by atoms with van der Waals surface area (Å²) >= 11 is 0. The topological polar surface area (TPSA) is 51.8 Å². The second-order valence-electron chi connectivity index (χ2n) is 15.9. The summed E-state index contributed by atoms with van der Waals surface area (Å²) in [6, 6.07) is 78.6. The van der Waals surface area contributed by atoms with Crippen LogP contribution < -0.4 is 0 Å². The Balaban J connectivity index is 1.06. The summed E-state index contributed by atoms with van der Waals surface area (Å²) in [6.45, 7) is 0. The van der Waals surface area contributed by atoms with Crippen LogP contribution >= 0.6 is 0 Å². The average molecular weight is 804 g/mol. The molecule has 0 aliphatic heterocycles. The van der Waals surface area contributed by atoms with Gasteiger partial charge in [-0.15, -0.1) is 0 Å². The minimum absolute atomic E-state index is 0.578. The molecular weight excluding hydrogens is 767 g/mol. The van der Waals surface area contributed by atoms with E-state index in [2.05, 4.69) is 206 Å². The Morgan fingerprint density at radius 3 is 1.27 bits per heavy atom. The molecule has 12 aromatic rings. The number of furan rings is 1. The van der Waals surface area contributed by atoms with Gasteiger partial charge >= 0.3 is 0 Å². The molecule has 0 radical (unpaired) electrons. The maximum absolute atomic E-state index is 6.89. The fraction of sp³-hybridized carbons (Fsp3) is 0. The highest BCUT2D eigenvalue weighted by Crippen LogP contribution is 2.44. The summed E-state index contributed by atoms with van der Waals surface area (Å²) < 4.78 is 6.89. The van der Waals surface area contributed by atoms with Crippen LogP contribution in [0.5, 0.6) is 0 Å². The molecule has 0 aliphatic carbocycles. The molecule has 0 N–H and O–H groups in total. The summed E-state index contributed by atoms with van der Waals surface area (Å²) in [5.74, 6) is 1.78. The van der Waals surface area contributed by atoms with E-state index in [4.69, 9.17) is 19.4 Å². The van der Waals surface area contributed by atoms with E-state index in [0.29, 0.717) is 17.5 Å². The van der Waals surface area contributed by atoms with Crippen molar-refractivity contribution in [2.45, 2.75) is 0 Å². The Morgan fingerprint density at radius 2 is 0.651 bits per heavy atom. The molecule has 63 heavy (non-hydrogen) atoms. The number of hydrogen-bond donors (Lipinski definition) is 0. The van der Waals surface area contributed by atoms with Gasteiger partial charge in [0.05, 0.1) is 0 Å². The van der Waals surface area contributed by atoms with Crippen molar-refractivity contribution in [2.75, 3.05) is 0 Å². The Hall–Kier alpha value is -8.47. The third-order valence-electron chi connectivity index (χ3n) is 12.2. The molecule has 294 valence electrons. The molecule has 2 aromatic heterocycles. The van der Waals surface area contributed by atoms with Gasteiger partial charge in [-0.25, -0.2) is 15.0 Å². The number of fused-ring (bicyclic) bond motifs is 5. The first-order valence-corrected chi connectivity index (χ1v) is 21.3. The maximum Gasteiger partial charge on any atom is 0.164 e. The van der Waals surface area contributed by atoms with Crippen LogP contribution in [0.4, 0.5) is 0 Å². The van der Waals surface area contributed by atoms with Gasteiger partial charge in [-0.2, -0.15) is 0 Å². The quantitative estimate of drug-likeness (QED) is 0.161. The highest BCUT2D eigenvalue weighted by Gasteiger charge is 2.22. The van der Waals surface area contributed by atoms with E-state index >= 15 is 0 Å². The number of nitrogens with zero attached hydrogens (tertiary/aromatic N) is 3. The van der Waals surface area contributed by atoms with Gasteiger partial charge in [-0.3, -0.25) is 0 Å². The molecule has 0 spiro atoms. The number of benzene rings is 10. The molecule has 4 nitrogen and oxygen atoms in total. The predicted octanol–water partition coefficient (Wildman–Crippen LogP) is 15.7. The number of aromatic nitrogens is 3. The van der Waals surface area contributed by atoms with Gasteiger partial charge < -0.3 is 4.42 Å². The molecule has 4 heteroatoms. The van der Waals surface area contributed by atoms with Crippen molar-refractivity contribution in [2.24, 2.45) is 0 Å². The molecule has 12 rings (SSSR count). The van der Waals surface area contributed by atoms with Crippen LogP contribution in [0, 0.1) is 0 Å². The minimum Gasteiger partial charge on any atom is -0.455 e.